The summed E-state index contributed by atoms with van der Waals surface area (Å²) in [5, 5.41) is 0.970. The Labute approximate surface area is 69.3 Å². The van der Waals surface area contributed by atoms with E-state index >= 15 is 0 Å². The molecule has 0 fully saturated rings. The summed E-state index contributed by atoms with van der Waals surface area (Å²) >= 11 is 11.4. The van der Waals surface area contributed by atoms with Gasteiger partial charge in [-0.15, -0.1) is 0 Å². The predicted octanol–water partition coefficient (Wildman–Crippen LogP) is 3.03. The van der Waals surface area contributed by atoms with Gasteiger partial charge in [0, 0.05) is 11.8 Å². The van der Waals surface area contributed by atoms with E-state index < -0.39 is 0 Å². The van der Waals surface area contributed by atoms with Gasteiger partial charge in [0.05, 0.1) is 5.02 Å². The van der Waals surface area contributed by atoms with Crippen LogP contribution in [-0.4, -0.2) is 4.98 Å². The van der Waals surface area contributed by atoms with E-state index in [0.717, 1.165) is 0 Å². The van der Waals surface area contributed by atoms with Crippen LogP contribution in [0.5, 0.6) is 0 Å². The first-order chi connectivity index (χ1) is 4.75. The first-order valence-corrected chi connectivity index (χ1v) is 3.43. The maximum absolute atomic E-state index is 5.73. The molecule has 3 heteroatoms. The van der Waals surface area contributed by atoms with Crippen LogP contribution in [0.15, 0.2) is 18.8 Å². The lowest BCUT2D eigenvalue weighted by Gasteiger charge is -1.97. The van der Waals surface area contributed by atoms with Crippen molar-refractivity contribution >= 4 is 29.3 Å². The lowest BCUT2D eigenvalue weighted by atomic mass is 10.3. The van der Waals surface area contributed by atoms with Gasteiger partial charge in [-0.25, -0.2) is 4.98 Å². The molecular weight excluding hydrogens is 169 g/mol. The van der Waals surface area contributed by atoms with Crippen LogP contribution in [0.2, 0.25) is 10.2 Å². The third-order valence-corrected chi connectivity index (χ3v) is 1.72. The van der Waals surface area contributed by atoms with Crippen molar-refractivity contribution in [1.82, 2.24) is 4.98 Å². The lowest BCUT2D eigenvalue weighted by Crippen LogP contribution is -1.80. The molecule has 0 radical (unpaired) electrons. The number of halogens is 2. The summed E-state index contributed by atoms with van der Waals surface area (Å²) in [6, 6.07) is 1.67. The van der Waals surface area contributed by atoms with Crippen molar-refractivity contribution in [2.45, 2.75) is 0 Å². The third-order valence-electron chi connectivity index (χ3n) is 1.09. The van der Waals surface area contributed by atoms with Crippen molar-refractivity contribution in [2.75, 3.05) is 0 Å². The van der Waals surface area contributed by atoms with Gasteiger partial charge in [0.1, 0.15) is 5.15 Å². The molecule has 0 saturated carbocycles. The molecule has 0 spiro atoms. The number of nitrogens with zero attached hydrogens (tertiary/aromatic N) is 1. The Morgan fingerprint density at radius 2 is 2.20 bits per heavy atom. The highest BCUT2D eigenvalue weighted by atomic mass is 35.5. The Morgan fingerprint density at radius 3 is 2.60 bits per heavy atom. The Balaban J connectivity index is 3.30. The average Bonchev–Trinajstić information content (AvgIpc) is 1.88. The molecule has 52 valence electrons. The molecule has 0 aromatic carbocycles. The number of hydrogen-bond acceptors (Lipinski definition) is 1. The van der Waals surface area contributed by atoms with E-state index in [1.54, 1.807) is 18.3 Å². The van der Waals surface area contributed by atoms with Crippen molar-refractivity contribution in [1.29, 1.82) is 0 Å². The summed E-state index contributed by atoms with van der Waals surface area (Å²) < 4.78 is 0. The Morgan fingerprint density at radius 1 is 1.50 bits per heavy atom. The number of aromatic nitrogens is 1. The molecule has 0 aliphatic carbocycles. The van der Waals surface area contributed by atoms with E-state index in [2.05, 4.69) is 11.6 Å². The minimum atomic E-state index is 0.391. The summed E-state index contributed by atoms with van der Waals surface area (Å²) in [6.45, 7) is 3.54. The van der Waals surface area contributed by atoms with Crippen LogP contribution in [0.25, 0.3) is 6.08 Å². The molecule has 1 aromatic heterocycles. The van der Waals surface area contributed by atoms with Crippen molar-refractivity contribution in [3.05, 3.63) is 34.6 Å². The first-order valence-electron chi connectivity index (χ1n) is 2.68. The predicted molar refractivity (Wildman–Crippen MR) is 44.3 cm³/mol. The monoisotopic (exact) mass is 173 g/mol. The number of pyridine rings is 1. The fraction of sp³-hybridized carbons (Fsp3) is 0. The first kappa shape index (κ1) is 7.58. The molecule has 0 bridgehead atoms. The molecule has 1 rings (SSSR count). The quantitative estimate of drug-likeness (QED) is 0.596. The largest absolute Gasteiger partial charge is 0.244 e. The fourth-order valence-corrected chi connectivity index (χ4v) is 1.11. The van der Waals surface area contributed by atoms with Gasteiger partial charge >= 0.3 is 0 Å². The molecule has 1 nitrogen and oxygen atoms in total. The standard InChI is InChI=1S/C7H5Cl2N/c1-2-5-6(8)3-4-10-7(5)9/h2-4H,1H2. The number of rotatable bonds is 1. The second-order valence-corrected chi connectivity index (χ2v) is 2.47. The van der Waals surface area contributed by atoms with Gasteiger partial charge in [0.2, 0.25) is 0 Å². The van der Waals surface area contributed by atoms with Crippen LogP contribution in [0.4, 0.5) is 0 Å². The Bertz CT molecular complexity index is 238. The zero-order chi connectivity index (χ0) is 7.56. The van der Waals surface area contributed by atoms with Crippen molar-refractivity contribution in [3.63, 3.8) is 0 Å². The van der Waals surface area contributed by atoms with Crippen LogP contribution in [0.1, 0.15) is 5.56 Å². The minimum Gasteiger partial charge on any atom is -0.244 e. The summed E-state index contributed by atoms with van der Waals surface area (Å²) in [6.07, 6.45) is 3.13. The number of hydrogen-bond donors (Lipinski definition) is 0. The molecule has 0 N–H and O–H groups in total. The van der Waals surface area contributed by atoms with Gasteiger partial charge in [-0.2, -0.15) is 0 Å². The zero-order valence-electron chi connectivity index (χ0n) is 5.14. The average molecular weight is 174 g/mol. The summed E-state index contributed by atoms with van der Waals surface area (Å²) in [5.41, 5.74) is 0.686. The molecule has 10 heavy (non-hydrogen) atoms. The normalized spacial score (nSPS) is 9.40. The molecule has 1 heterocycles. The smallest absolute Gasteiger partial charge is 0.137 e. The molecular formula is C7H5Cl2N. The van der Waals surface area contributed by atoms with Crippen molar-refractivity contribution in [3.8, 4) is 0 Å². The highest BCUT2D eigenvalue weighted by Crippen LogP contribution is 2.22. The van der Waals surface area contributed by atoms with Gasteiger partial charge in [-0.05, 0) is 6.07 Å². The van der Waals surface area contributed by atoms with Crippen LogP contribution in [0.3, 0.4) is 0 Å². The molecule has 0 aliphatic rings. The summed E-state index contributed by atoms with van der Waals surface area (Å²) in [7, 11) is 0. The van der Waals surface area contributed by atoms with Crippen LogP contribution in [0, 0.1) is 0 Å². The highest BCUT2D eigenvalue weighted by molar-refractivity contribution is 6.36. The van der Waals surface area contributed by atoms with Gasteiger partial charge in [0.25, 0.3) is 0 Å². The van der Waals surface area contributed by atoms with E-state index in [0.29, 0.717) is 15.7 Å². The minimum absolute atomic E-state index is 0.391. The lowest BCUT2D eigenvalue weighted by molar-refractivity contribution is 1.32. The van der Waals surface area contributed by atoms with E-state index in [4.69, 9.17) is 23.2 Å². The van der Waals surface area contributed by atoms with Crippen LogP contribution < -0.4 is 0 Å². The molecule has 0 saturated heterocycles. The Hall–Kier alpha value is -0.530. The second-order valence-electron chi connectivity index (χ2n) is 1.70. The van der Waals surface area contributed by atoms with Gasteiger partial charge in [0.15, 0.2) is 0 Å². The van der Waals surface area contributed by atoms with Gasteiger partial charge in [-0.3, -0.25) is 0 Å². The van der Waals surface area contributed by atoms with Gasteiger partial charge < -0.3 is 0 Å². The van der Waals surface area contributed by atoms with E-state index in [1.807, 2.05) is 0 Å². The second kappa shape index (κ2) is 3.04. The van der Waals surface area contributed by atoms with Crippen molar-refractivity contribution < 1.29 is 0 Å². The summed E-state index contributed by atoms with van der Waals surface area (Å²) in [5.74, 6) is 0. The third kappa shape index (κ3) is 1.31. The maximum atomic E-state index is 5.73. The van der Waals surface area contributed by atoms with Gasteiger partial charge in [-0.1, -0.05) is 35.9 Å². The van der Waals surface area contributed by atoms with Crippen LogP contribution in [-0.2, 0) is 0 Å². The highest BCUT2D eigenvalue weighted by Gasteiger charge is 2.00. The maximum Gasteiger partial charge on any atom is 0.137 e. The summed E-state index contributed by atoms with van der Waals surface area (Å²) in [4.78, 5) is 3.82. The van der Waals surface area contributed by atoms with Crippen molar-refractivity contribution in [2.24, 2.45) is 0 Å². The Kier molecular flexibility index (Phi) is 2.30. The van der Waals surface area contributed by atoms with E-state index in [-0.39, 0.29) is 0 Å². The fourth-order valence-electron chi connectivity index (χ4n) is 0.608. The topological polar surface area (TPSA) is 12.9 Å². The molecule has 1 aromatic rings. The zero-order valence-corrected chi connectivity index (χ0v) is 6.65. The molecule has 0 amide bonds. The van der Waals surface area contributed by atoms with E-state index in [1.165, 1.54) is 0 Å². The SMILES string of the molecule is C=Cc1c(Cl)ccnc1Cl. The molecule has 0 aliphatic heterocycles. The molecule has 0 unspecified atom stereocenters. The van der Waals surface area contributed by atoms with Crippen LogP contribution >= 0.6 is 23.2 Å². The van der Waals surface area contributed by atoms with E-state index in [9.17, 15) is 0 Å². The molecule has 0 atom stereocenters.